The number of hydrogen-bond donors (Lipinski definition) is 1. The number of para-hydroxylation sites is 1. The van der Waals surface area contributed by atoms with Crippen LogP contribution in [0.15, 0.2) is 59.8 Å². The Balaban J connectivity index is 1.76. The van der Waals surface area contributed by atoms with E-state index in [1.165, 1.54) is 36.0 Å². The fourth-order valence-corrected chi connectivity index (χ4v) is 3.44. The zero-order valence-corrected chi connectivity index (χ0v) is 17.4. The van der Waals surface area contributed by atoms with E-state index in [-0.39, 0.29) is 29.5 Å². The smallest absolute Gasteiger partial charge is 0.316 e. The van der Waals surface area contributed by atoms with Crippen LogP contribution in [0.5, 0.6) is 0 Å². The molecule has 0 fully saturated rings. The molecular formula is C20H19N5O5S. The Morgan fingerprint density at radius 2 is 1.84 bits per heavy atom. The van der Waals surface area contributed by atoms with E-state index < -0.39 is 10.8 Å². The van der Waals surface area contributed by atoms with Crippen LogP contribution >= 0.6 is 11.8 Å². The quantitative estimate of drug-likeness (QED) is 0.232. The van der Waals surface area contributed by atoms with Gasteiger partial charge in [-0.2, -0.15) is 0 Å². The van der Waals surface area contributed by atoms with Gasteiger partial charge in [-0.05, 0) is 31.2 Å². The van der Waals surface area contributed by atoms with Gasteiger partial charge < -0.3 is 10.1 Å². The van der Waals surface area contributed by atoms with E-state index in [1.807, 2.05) is 30.3 Å². The van der Waals surface area contributed by atoms with Gasteiger partial charge in [0.1, 0.15) is 0 Å². The molecular weight excluding hydrogens is 422 g/mol. The minimum atomic E-state index is -0.528. The lowest BCUT2D eigenvalue weighted by molar-refractivity contribution is -0.384. The van der Waals surface area contributed by atoms with Gasteiger partial charge in [0, 0.05) is 23.4 Å². The third-order valence-corrected chi connectivity index (χ3v) is 4.99. The van der Waals surface area contributed by atoms with Crippen molar-refractivity contribution in [2.75, 3.05) is 12.4 Å². The SMILES string of the molecule is CCOC(=O)CSc1nnc(CNC(=O)c2ccc([N+](=O)[O-])cc2)n1-c1ccccc1. The maximum Gasteiger partial charge on any atom is 0.316 e. The molecule has 1 N–H and O–H groups in total. The number of rotatable bonds is 9. The van der Waals surface area contributed by atoms with Crippen LogP contribution in [0.1, 0.15) is 23.1 Å². The molecule has 31 heavy (non-hydrogen) atoms. The topological polar surface area (TPSA) is 129 Å². The number of nitro groups is 1. The standard InChI is InChI=1S/C20H19N5O5S/c1-2-30-18(26)13-31-20-23-22-17(24(20)15-6-4-3-5-7-15)12-21-19(27)14-8-10-16(11-9-14)25(28)29/h3-11H,2,12-13H2,1H3,(H,21,27). The molecule has 0 atom stereocenters. The molecule has 1 heterocycles. The second-order valence-electron chi connectivity index (χ2n) is 6.15. The number of carbonyl (C=O) groups is 2. The molecule has 0 aliphatic heterocycles. The number of nitrogens with zero attached hydrogens (tertiary/aromatic N) is 4. The predicted molar refractivity (Wildman–Crippen MR) is 113 cm³/mol. The van der Waals surface area contributed by atoms with E-state index in [4.69, 9.17) is 4.74 Å². The van der Waals surface area contributed by atoms with Crippen LogP contribution in [0.25, 0.3) is 5.69 Å². The summed E-state index contributed by atoms with van der Waals surface area (Å²) in [5.74, 6) is -0.220. The van der Waals surface area contributed by atoms with Crippen LogP contribution in [-0.4, -0.2) is 43.9 Å². The molecule has 11 heteroatoms. The van der Waals surface area contributed by atoms with Crippen molar-refractivity contribution in [2.45, 2.75) is 18.6 Å². The highest BCUT2D eigenvalue weighted by Crippen LogP contribution is 2.22. The molecule has 0 radical (unpaired) electrons. The van der Waals surface area contributed by atoms with E-state index in [9.17, 15) is 19.7 Å². The molecule has 0 aliphatic rings. The van der Waals surface area contributed by atoms with Crippen molar-refractivity contribution in [1.29, 1.82) is 0 Å². The Kier molecular flexibility index (Phi) is 7.33. The van der Waals surface area contributed by atoms with Crippen molar-refractivity contribution >= 4 is 29.3 Å². The summed E-state index contributed by atoms with van der Waals surface area (Å²) in [6, 6.07) is 14.6. The lowest BCUT2D eigenvalue weighted by atomic mass is 10.2. The van der Waals surface area contributed by atoms with Crippen molar-refractivity contribution in [3.63, 3.8) is 0 Å². The van der Waals surface area contributed by atoms with Crippen LogP contribution in [0.4, 0.5) is 5.69 Å². The number of aromatic nitrogens is 3. The molecule has 0 unspecified atom stereocenters. The minimum absolute atomic E-state index is 0.0671. The number of nitrogens with one attached hydrogen (secondary N) is 1. The number of esters is 1. The van der Waals surface area contributed by atoms with E-state index in [2.05, 4.69) is 15.5 Å². The van der Waals surface area contributed by atoms with Gasteiger partial charge in [0.2, 0.25) is 0 Å². The number of benzene rings is 2. The minimum Gasteiger partial charge on any atom is -0.465 e. The number of carbonyl (C=O) groups excluding carboxylic acids is 2. The first-order valence-electron chi connectivity index (χ1n) is 9.30. The highest BCUT2D eigenvalue weighted by Gasteiger charge is 2.17. The van der Waals surface area contributed by atoms with Gasteiger partial charge in [-0.1, -0.05) is 30.0 Å². The fourth-order valence-electron chi connectivity index (χ4n) is 2.67. The molecule has 0 bridgehead atoms. The summed E-state index contributed by atoms with van der Waals surface area (Å²) in [6.45, 7) is 2.10. The summed E-state index contributed by atoms with van der Waals surface area (Å²) in [7, 11) is 0. The number of thioether (sulfide) groups is 1. The van der Waals surface area contributed by atoms with Crippen molar-refractivity contribution in [3.05, 3.63) is 76.1 Å². The Morgan fingerprint density at radius 3 is 2.48 bits per heavy atom. The van der Waals surface area contributed by atoms with E-state index in [1.54, 1.807) is 11.5 Å². The molecule has 1 amide bonds. The summed E-state index contributed by atoms with van der Waals surface area (Å²) in [5, 5.41) is 22.3. The van der Waals surface area contributed by atoms with Gasteiger partial charge in [0.15, 0.2) is 11.0 Å². The van der Waals surface area contributed by atoms with Gasteiger partial charge in [0.25, 0.3) is 11.6 Å². The van der Waals surface area contributed by atoms with E-state index >= 15 is 0 Å². The number of nitro benzene ring substituents is 1. The van der Waals surface area contributed by atoms with E-state index in [0.29, 0.717) is 17.6 Å². The van der Waals surface area contributed by atoms with Crippen LogP contribution in [-0.2, 0) is 16.1 Å². The number of ether oxygens (including phenoxy) is 1. The first-order valence-corrected chi connectivity index (χ1v) is 10.3. The van der Waals surface area contributed by atoms with Gasteiger partial charge >= 0.3 is 5.97 Å². The Bertz CT molecular complexity index is 1070. The maximum atomic E-state index is 12.4. The zero-order chi connectivity index (χ0) is 22.2. The number of amides is 1. The summed E-state index contributed by atoms with van der Waals surface area (Å²) in [6.07, 6.45) is 0. The lowest BCUT2D eigenvalue weighted by Gasteiger charge is -2.11. The first kappa shape index (κ1) is 22.0. The fraction of sp³-hybridized carbons (Fsp3) is 0.200. The van der Waals surface area contributed by atoms with Crippen molar-refractivity contribution in [1.82, 2.24) is 20.1 Å². The normalized spacial score (nSPS) is 10.5. The molecule has 160 valence electrons. The molecule has 0 saturated heterocycles. The van der Waals surface area contributed by atoms with Gasteiger partial charge in [-0.15, -0.1) is 10.2 Å². The highest BCUT2D eigenvalue weighted by atomic mass is 32.2. The second kappa shape index (κ2) is 10.3. The molecule has 1 aromatic heterocycles. The molecule has 3 rings (SSSR count). The third kappa shape index (κ3) is 5.66. The second-order valence-corrected chi connectivity index (χ2v) is 7.09. The lowest BCUT2D eigenvalue weighted by Crippen LogP contribution is -2.24. The summed E-state index contributed by atoms with van der Waals surface area (Å²) >= 11 is 1.18. The van der Waals surface area contributed by atoms with Crippen molar-refractivity contribution in [3.8, 4) is 5.69 Å². The number of non-ortho nitro benzene ring substituents is 1. The van der Waals surface area contributed by atoms with Crippen molar-refractivity contribution in [2.24, 2.45) is 0 Å². The Labute approximate surface area is 181 Å². The highest BCUT2D eigenvalue weighted by molar-refractivity contribution is 7.99. The van der Waals surface area contributed by atoms with Gasteiger partial charge in [0.05, 0.1) is 23.8 Å². The Hall–Kier alpha value is -3.73. The third-order valence-electron chi connectivity index (χ3n) is 4.09. The Morgan fingerprint density at radius 1 is 1.13 bits per heavy atom. The monoisotopic (exact) mass is 441 g/mol. The van der Waals surface area contributed by atoms with Crippen LogP contribution < -0.4 is 5.32 Å². The van der Waals surface area contributed by atoms with E-state index in [0.717, 1.165) is 5.69 Å². The van der Waals surface area contributed by atoms with Crippen LogP contribution in [0.2, 0.25) is 0 Å². The average molecular weight is 441 g/mol. The summed E-state index contributed by atoms with van der Waals surface area (Å²) in [5.41, 5.74) is 0.968. The van der Waals surface area contributed by atoms with Crippen LogP contribution in [0.3, 0.4) is 0 Å². The van der Waals surface area contributed by atoms with Gasteiger partial charge in [-0.25, -0.2) is 0 Å². The molecule has 2 aromatic carbocycles. The summed E-state index contributed by atoms with van der Waals surface area (Å²) in [4.78, 5) is 34.4. The number of hydrogen-bond acceptors (Lipinski definition) is 8. The largest absolute Gasteiger partial charge is 0.465 e. The molecule has 3 aromatic rings. The predicted octanol–water partition coefficient (Wildman–Crippen LogP) is 2.76. The van der Waals surface area contributed by atoms with Crippen molar-refractivity contribution < 1.29 is 19.2 Å². The molecule has 0 aliphatic carbocycles. The van der Waals surface area contributed by atoms with Crippen LogP contribution in [0, 0.1) is 10.1 Å². The molecule has 0 spiro atoms. The van der Waals surface area contributed by atoms with Gasteiger partial charge in [-0.3, -0.25) is 24.3 Å². The molecule has 10 nitrogen and oxygen atoms in total. The summed E-state index contributed by atoms with van der Waals surface area (Å²) < 4.78 is 6.70. The first-order chi connectivity index (χ1) is 15.0. The average Bonchev–Trinajstić information content (AvgIpc) is 3.19. The maximum absolute atomic E-state index is 12.4. The zero-order valence-electron chi connectivity index (χ0n) is 16.6. The molecule has 0 saturated carbocycles.